The third-order valence-electron chi connectivity index (χ3n) is 3.76. The number of carbonyl (C=O) groups excluding carboxylic acids is 1. The molecule has 0 aliphatic heterocycles. The summed E-state index contributed by atoms with van der Waals surface area (Å²) in [6.45, 7) is 8.54. The molecule has 0 amide bonds. The van der Waals surface area contributed by atoms with E-state index in [1.807, 2.05) is 0 Å². The normalized spacial score (nSPS) is 12.9. The van der Waals surface area contributed by atoms with Crippen molar-refractivity contribution in [3.8, 4) is 11.5 Å². The number of ketones is 1. The number of methoxy groups -OCH3 is 2. The Bertz CT molecular complexity index is 489. The molecule has 0 radical (unpaired) electrons. The zero-order chi connectivity index (χ0) is 15.5. The van der Waals surface area contributed by atoms with E-state index in [9.17, 15) is 4.79 Å². The average molecular weight is 343 g/mol. The van der Waals surface area contributed by atoms with E-state index in [0.29, 0.717) is 33.9 Å². The second kappa shape index (κ2) is 6.61. The lowest BCUT2D eigenvalue weighted by Gasteiger charge is -2.26. The van der Waals surface area contributed by atoms with Crippen LogP contribution in [0.5, 0.6) is 11.5 Å². The Balaban J connectivity index is 3.08. The molecule has 1 atom stereocenters. The fourth-order valence-electron chi connectivity index (χ4n) is 1.81. The van der Waals surface area contributed by atoms with E-state index < -0.39 is 0 Å². The van der Waals surface area contributed by atoms with Crippen molar-refractivity contribution in [2.24, 2.45) is 11.3 Å². The molecule has 4 heteroatoms. The minimum absolute atomic E-state index is 0.0904. The van der Waals surface area contributed by atoms with E-state index in [-0.39, 0.29) is 11.2 Å². The van der Waals surface area contributed by atoms with Gasteiger partial charge in [0.15, 0.2) is 5.78 Å². The minimum Gasteiger partial charge on any atom is -0.495 e. The van der Waals surface area contributed by atoms with Crippen molar-refractivity contribution in [1.82, 2.24) is 0 Å². The lowest BCUT2D eigenvalue weighted by Crippen LogP contribution is -2.20. The Morgan fingerprint density at radius 3 is 2.30 bits per heavy atom. The molecular weight excluding hydrogens is 320 g/mol. The standard InChI is InChI=1S/C16H23BrO3/c1-10(16(2,3)4)9-12(18)11-7-8-13(19-5)14(17)15(11)20-6/h7-8,10H,9H2,1-6H3. The molecule has 0 heterocycles. The van der Waals surface area contributed by atoms with Crippen LogP contribution in [-0.2, 0) is 0 Å². The van der Waals surface area contributed by atoms with Crippen LogP contribution in [-0.4, -0.2) is 20.0 Å². The van der Waals surface area contributed by atoms with Crippen molar-refractivity contribution in [3.05, 3.63) is 22.2 Å². The summed E-state index contributed by atoms with van der Waals surface area (Å²) in [5, 5.41) is 0. The van der Waals surface area contributed by atoms with Crippen LogP contribution in [0.1, 0.15) is 44.5 Å². The van der Waals surface area contributed by atoms with E-state index in [2.05, 4.69) is 43.6 Å². The summed E-state index contributed by atoms with van der Waals surface area (Å²) < 4.78 is 11.3. The number of halogens is 1. The van der Waals surface area contributed by atoms with Gasteiger partial charge in [-0.05, 0) is 39.4 Å². The van der Waals surface area contributed by atoms with E-state index in [0.717, 1.165) is 0 Å². The highest BCUT2D eigenvalue weighted by molar-refractivity contribution is 9.10. The molecule has 1 unspecified atom stereocenters. The maximum Gasteiger partial charge on any atom is 0.166 e. The first kappa shape index (κ1) is 17.0. The van der Waals surface area contributed by atoms with Gasteiger partial charge < -0.3 is 9.47 Å². The lowest BCUT2D eigenvalue weighted by atomic mass is 9.78. The Labute approximate surface area is 129 Å². The molecule has 0 fully saturated rings. The highest BCUT2D eigenvalue weighted by atomic mass is 79.9. The van der Waals surface area contributed by atoms with Crippen LogP contribution >= 0.6 is 15.9 Å². The highest BCUT2D eigenvalue weighted by Gasteiger charge is 2.25. The predicted octanol–water partition coefficient (Wildman–Crippen LogP) is 4.72. The Morgan fingerprint density at radius 2 is 1.85 bits per heavy atom. The van der Waals surface area contributed by atoms with E-state index in [1.165, 1.54) is 0 Å². The third-order valence-corrected chi connectivity index (χ3v) is 4.51. The van der Waals surface area contributed by atoms with Gasteiger partial charge >= 0.3 is 0 Å². The van der Waals surface area contributed by atoms with Crippen molar-refractivity contribution in [2.45, 2.75) is 34.1 Å². The Morgan fingerprint density at radius 1 is 1.25 bits per heavy atom. The molecule has 0 aliphatic rings. The third kappa shape index (κ3) is 3.75. The molecular formula is C16H23BrO3. The summed E-state index contributed by atoms with van der Waals surface area (Å²) >= 11 is 3.42. The maximum atomic E-state index is 12.5. The number of hydrogen-bond donors (Lipinski definition) is 0. The van der Waals surface area contributed by atoms with Gasteiger partial charge in [0.05, 0.1) is 19.8 Å². The number of hydrogen-bond acceptors (Lipinski definition) is 3. The van der Waals surface area contributed by atoms with E-state index >= 15 is 0 Å². The van der Waals surface area contributed by atoms with Gasteiger partial charge in [0.1, 0.15) is 16.0 Å². The fraction of sp³-hybridized carbons (Fsp3) is 0.562. The number of benzene rings is 1. The van der Waals surface area contributed by atoms with Crippen LogP contribution in [0.4, 0.5) is 0 Å². The van der Waals surface area contributed by atoms with Crippen LogP contribution in [0.3, 0.4) is 0 Å². The molecule has 1 aromatic rings. The molecule has 0 bridgehead atoms. The topological polar surface area (TPSA) is 35.5 Å². The highest BCUT2D eigenvalue weighted by Crippen LogP contribution is 2.38. The predicted molar refractivity (Wildman–Crippen MR) is 84.8 cm³/mol. The molecule has 3 nitrogen and oxygen atoms in total. The molecule has 1 rings (SSSR count). The number of Topliss-reactive ketones (excluding diaryl/α,β-unsaturated/α-hetero) is 1. The van der Waals surface area contributed by atoms with Crippen LogP contribution in [0.2, 0.25) is 0 Å². The zero-order valence-corrected chi connectivity index (χ0v) is 14.6. The largest absolute Gasteiger partial charge is 0.495 e. The second-order valence-electron chi connectivity index (χ2n) is 6.06. The summed E-state index contributed by atoms with van der Waals surface area (Å²) in [6.07, 6.45) is 0.499. The second-order valence-corrected chi connectivity index (χ2v) is 6.85. The molecule has 20 heavy (non-hydrogen) atoms. The first-order valence-corrected chi connectivity index (χ1v) is 7.45. The minimum atomic E-state index is 0.0904. The van der Waals surface area contributed by atoms with Crippen molar-refractivity contribution in [3.63, 3.8) is 0 Å². The van der Waals surface area contributed by atoms with Crippen LogP contribution < -0.4 is 9.47 Å². The van der Waals surface area contributed by atoms with Crippen LogP contribution in [0.25, 0.3) is 0 Å². The molecule has 112 valence electrons. The zero-order valence-electron chi connectivity index (χ0n) is 13.0. The molecule has 0 N–H and O–H groups in total. The van der Waals surface area contributed by atoms with Gasteiger partial charge in [-0.25, -0.2) is 0 Å². The fourth-order valence-corrected chi connectivity index (χ4v) is 2.48. The van der Waals surface area contributed by atoms with Gasteiger partial charge in [0.25, 0.3) is 0 Å². The van der Waals surface area contributed by atoms with E-state index in [1.54, 1.807) is 26.4 Å². The molecule has 1 aromatic carbocycles. The maximum absolute atomic E-state index is 12.5. The summed E-state index contributed by atoms with van der Waals surface area (Å²) in [5.41, 5.74) is 0.698. The Hall–Kier alpha value is -1.03. The summed E-state index contributed by atoms with van der Waals surface area (Å²) in [7, 11) is 3.15. The van der Waals surface area contributed by atoms with Gasteiger partial charge in [-0.3, -0.25) is 4.79 Å². The van der Waals surface area contributed by atoms with Gasteiger partial charge in [-0.15, -0.1) is 0 Å². The molecule has 0 saturated carbocycles. The average Bonchev–Trinajstić information content (AvgIpc) is 2.36. The first-order chi connectivity index (χ1) is 9.22. The summed E-state index contributed by atoms with van der Waals surface area (Å²) in [5.74, 6) is 1.57. The van der Waals surface area contributed by atoms with Crippen molar-refractivity contribution < 1.29 is 14.3 Å². The lowest BCUT2D eigenvalue weighted by molar-refractivity contribution is 0.0924. The SMILES string of the molecule is COc1ccc(C(=O)CC(C)C(C)(C)C)c(OC)c1Br. The number of carbonyl (C=O) groups is 1. The van der Waals surface area contributed by atoms with Gasteiger partial charge in [-0.2, -0.15) is 0 Å². The van der Waals surface area contributed by atoms with E-state index in [4.69, 9.17) is 9.47 Å². The van der Waals surface area contributed by atoms with Crippen molar-refractivity contribution in [1.29, 1.82) is 0 Å². The van der Waals surface area contributed by atoms with Crippen molar-refractivity contribution in [2.75, 3.05) is 14.2 Å². The van der Waals surface area contributed by atoms with Crippen LogP contribution in [0.15, 0.2) is 16.6 Å². The van der Waals surface area contributed by atoms with Crippen LogP contribution in [0, 0.1) is 11.3 Å². The van der Waals surface area contributed by atoms with Gasteiger partial charge in [0, 0.05) is 6.42 Å². The van der Waals surface area contributed by atoms with Gasteiger partial charge in [0.2, 0.25) is 0 Å². The number of rotatable bonds is 5. The smallest absolute Gasteiger partial charge is 0.166 e. The summed E-state index contributed by atoms with van der Waals surface area (Å²) in [6, 6.07) is 3.54. The van der Waals surface area contributed by atoms with Gasteiger partial charge in [-0.1, -0.05) is 27.7 Å². The first-order valence-electron chi connectivity index (χ1n) is 6.66. The molecule has 0 aromatic heterocycles. The molecule has 0 spiro atoms. The number of ether oxygens (including phenoxy) is 2. The quantitative estimate of drug-likeness (QED) is 0.726. The monoisotopic (exact) mass is 342 g/mol. The van der Waals surface area contributed by atoms with Crippen molar-refractivity contribution >= 4 is 21.7 Å². The summed E-state index contributed by atoms with van der Waals surface area (Å²) in [4.78, 5) is 12.5. The Kier molecular flexibility index (Phi) is 5.63. The molecule has 0 aliphatic carbocycles. The molecule has 0 saturated heterocycles.